The molecule has 0 saturated heterocycles. The van der Waals surface area contributed by atoms with Gasteiger partial charge in [-0.3, -0.25) is 4.79 Å². The SMILES string of the molecule is COC(=O)[C@H]1C(NC(=O)OCc2ccccc2)C2C=C[C@H]1C2. The third-order valence-electron chi connectivity index (χ3n) is 4.43. The lowest BCUT2D eigenvalue weighted by Crippen LogP contribution is -2.46. The molecule has 5 heteroatoms. The highest BCUT2D eigenvalue weighted by Gasteiger charge is 2.49. The first kappa shape index (κ1) is 14.6. The molecular formula is C17H19NO4. The maximum atomic E-state index is 12.0. The Morgan fingerprint density at radius 2 is 1.91 bits per heavy atom. The van der Waals surface area contributed by atoms with Crippen molar-refractivity contribution >= 4 is 12.1 Å². The van der Waals surface area contributed by atoms with Crippen LogP contribution in [0.25, 0.3) is 0 Å². The van der Waals surface area contributed by atoms with Gasteiger partial charge in [-0.05, 0) is 23.8 Å². The number of allylic oxidation sites excluding steroid dienone is 1. The lowest BCUT2D eigenvalue weighted by atomic mass is 9.89. The molecule has 0 radical (unpaired) electrons. The van der Waals surface area contributed by atoms with Gasteiger partial charge in [0.2, 0.25) is 0 Å². The van der Waals surface area contributed by atoms with Crippen molar-refractivity contribution in [2.75, 3.05) is 7.11 Å². The van der Waals surface area contributed by atoms with Gasteiger partial charge in [0.1, 0.15) is 6.61 Å². The van der Waals surface area contributed by atoms with E-state index in [1.165, 1.54) is 7.11 Å². The summed E-state index contributed by atoms with van der Waals surface area (Å²) >= 11 is 0. The van der Waals surface area contributed by atoms with Crippen LogP contribution in [0.15, 0.2) is 42.5 Å². The van der Waals surface area contributed by atoms with Crippen LogP contribution in [0.4, 0.5) is 4.79 Å². The molecular weight excluding hydrogens is 282 g/mol. The summed E-state index contributed by atoms with van der Waals surface area (Å²) < 4.78 is 10.1. The number of alkyl carbamates (subject to hydrolysis) is 1. The Labute approximate surface area is 129 Å². The van der Waals surface area contributed by atoms with Crippen molar-refractivity contribution in [3.8, 4) is 0 Å². The molecule has 5 nitrogen and oxygen atoms in total. The summed E-state index contributed by atoms with van der Waals surface area (Å²) in [6.07, 6.45) is 4.48. The van der Waals surface area contributed by atoms with Crippen LogP contribution in [0.3, 0.4) is 0 Å². The van der Waals surface area contributed by atoms with Gasteiger partial charge in [-0.15, -0.1) is 0 Å². The number of amides is 1. The average Bonchev–Trinajstić information content (AvgIpc) is 3.14. The second-order valence-corrected chi connectivity index (χ2v) is 5.73. The normalized spacial score (nSPS) is 28.4. The maximum absolute atomic E-state index is 12.0. The number of nitrogens with one attached hydrogen (secondary N) is 1. The van der Waals surface area contributed by atoms with E-state index < -0.39 is 6.09 Å². The number of esters is 1. The fraction of sp³-hybridized carbons (Fsp3) is 0.412. The first-order chi connectivity index (χ1) is 10.7. The van der Waals surface area contributed by atoms with Crippen molar-refractivity contribution in [1.82, 2.24) is 5.32 Å². The summed E-state index contributed by atoms with van der Waals surface area (Å²) in [5.74, 6) is -0.260. The molecule has 0 spiro atoms. The van der Waals surface area contributed by atoms with Crippen LogP contribution in [0.5, 0.6) is 0 Å². The topological polar surface area (TPSA) is 64.6 Å². The largest absolute Gasteiger partial charge is 0.469 e. The second-order valence-electron chi connectivity index (χ2n) is 5.73. The molecule has 0 aliphatic heterocycles. The summed E-state index contributed by atoms with van der Waals surface area (Å²) in [5, 5.41) is 2.83. The van der Waals surface area contributed by atoms with Crippen LogP contribution in [0.1, 0.15) is 12.0 Å². The molecule has 0 aromatic heterocycles. The Morgan fingerprint density at radius 3 is 2.64 bits per heavy atom. The fourth-order valence-corrected chi connectivity index (χ4v) is 3.38. The quantitative estimate of drug-likeness (QED) is 0.684. The molecule has 2 bridgehead atoms. The number of methoxy groups -OCH3 is 1. The minimum absolute atomic E-state index is 0.150. The van der Waals surface area contributed by atoms with Gasteiger partial charge >= 0.3 is 12.1 Å². The third kappa shape index (κ3) is 2.84. The smallest absolute Gasteiger partial charge is 0.407 e. The van der Waals surface area contributed by atoms with Gasteiger partial charge in [-0.2, -0.15) is 0 Å². The average molecular weight is 301 g/mol. The Bertz CT molecular complexity index is 584. The molecule has 1 fully saturated rings. The molecule has 2 aliphatic carbocycles. The van der Waals surface area contributed by atoms with E-state index in [9.17, 15) is 9.59 Å². The molecule has 3 rings (SSSR count). The van der Waals surface area contributed by atoms with E-state index in [-0.39, 0.29) is 36.4 Å². The molecule has 4 atom stereocenters. The van der Waals surface area contributed by atoms with Gasteiger partial charge in [-0.25, -0.2) is 4.79 Å². The number of hydrogen-bond donors (Lipinski definition) is 1. The van der Waals surface area contributed by atoms with E-state index in [2.05, 4.69) is 11.4 Å². The van der Waals surface area contributed by atoms with Crippen LogP contribution in [-0.4, -0.2) is 25.2 Å². The Morgan fingerprint density at radius 1 is 1.18 bits per heavy atom. The molecule has 2 aliphatic rings. The Hall–Kier alpha value is -2.30. The summed E-state index contributed by atoms with van der Waals surface area (Å²) in [4.78, 5) is 23.9. The van der Waals surface area contributed by atoms with E-state index in [0.29, 0.717) is 0 Å². The van der Waals surface area contributed by atoms with Crippen LogP contribution in [-0.2, 0) is 20.9 Å². The summed E-state index contributed by atoms with van der Waals surface area (Å²) in [7, 11) is 1.38. The van der Waals surface area contributed by atoms with Crippen molar-refractivity contribution in [3.05, 3.63) is 48.0 Å². The molecule has 1 aromatic rings. The minimum Gasteiger partial charge on any atom is -0.469 e. The molecule has 22 heavy (non-hydrogen) atoms. The van der Waals surface area contributed by atoms with Crippen LogP contribution in [0.2, 0.25) is 0 Å². The number of benzene rings is 1. The second kappa shape index (κ2) is 6.22. The molecule has 2 unspecified atom stereocenters. The molecule has 1 aromatic carbocycles. The van der Waals surface area contributed by atoms with Gasteiger partial charge in [0.25, 0.3) is 0 Å². The predicted molar refractivity (Wildman–Crippen MR) is 79.8 cm³/mol. The van der Waals surface area contributed by atoms with Gasteiger partial charge in [0.15, 0.2) is 0 Å². The summed E-state index contributed by atoms with van der Waals surface area (Å²) in [6, 6.07) is 9.24. The number of ether oxygens (including phenoxy) is 2. The standard InChI is InChI=1S/C17H19NO4/c1-21-16(19)14-12-7-8-13(9-12)15(14)18-17(20)22-10-11-5-3-2-4-6-11/h2-8,12-15H,9-10H2,1H3,(H,18,20)/t12-,13?,14+,15?/m0/s1. The van der Waals surface area contributed by atoms with Crippen molar-refractivity contribution in [3.63, 3.8) is 0 Å². The van der Waals surface area contributed by atoms with E-state index in [1.54, 1.807) is 0 Å². The number of carbonyl (C=O) groups excluding carboxylic acids is 2. The van der Waals surface area contributed by atoms with Crippen molar-refractivity contribution in [2.45, 2.75) is 19.1 Å². The Balaban J connectivity index is 1.58. The number of carbonyl (C=O) groups is 2. The monoisotopic (exact) mass is 301 g/mol. The minimum atomic E-state index is -0.497. The zero-order valence-electron chi connectivity index (χ0n) is 12.4. The van der Waals surface area contributed by atoms with Gasteiger partial charge in [0.05, 0.1) is 19.1 Å². The lowest BCUT2D eigenvalue weighted by Gasteiger charge is -2.26. The fourth-order valence-electron chi connectivity index (χ4n) is 3.38. The van der Waals surface area contributed by atoms with E-state index in [1.807, 2.05) is 36.4 Å². The highest BCUT2D eigenvalue weighted by atomic mass is 16.5. The highest BCUT2D eigenvalue weighted by Crippen LogP contribution is 2.44. The predicted octanol–water partition coefficient (Wildman–Crippen LogP) is 2.28. The third-order valence-corrected chi connectivity index (χ3v) is 4.43. The van der Waals surface area contributed by atoms with Crippen LogP contribution in [0, 0.1) is 17.8 Å². The van der Waals surface area contributed by atoms with Gasteiger partial charge < -0.3 is 14.8 Å². The first-order valence-electron chi connectivity index (χ1n) is 7.42. The molecule has 1 amide bonds. The Kier molecular flexibility index (Phi) is 4.13. The maximum Gasteiger partial charge on any atom is 0.407 e. The van der Waals surface area contributed by atoms with E-state index in [4.69, 9.17) is 9.47 Å². The molecule has 1 saturated carbocycles. The van der Waals surface area contributed by atoms with Crippen molar-refractivity contribution in [2.24, 2.45) is 17.8 Å². The zero-order valence-corrected chi connectivity index (χ0v) is 12.4. The highest BCUT2D eigenvalue weighted by molar-refractivity contribution is 5.77. The number of hydrogen-bond acceptors (Lipinski definition) is 4. The van der Waals surface area contributed by atoms with E-state index >= 15 is 0 Å². The van der Waals surface area contributed by atoms with Gasteiger partial charge in [0, 0.05) is 0 Å². The first-order valence-corrected chi connectivity index (χ1v) is 7.42. The van der Waals surface area contributed by atoms with Crippen LogP contribution >= 0.6 is 0 Å². The van der Waals surface area contributed by atoms with Gasteiger partial charge in [-0.1, -0.05) is 42.5 Å². The lowest BCUT2D eigenvalue weighted by molar-refractivity contribution is -0.147. The molecule has 116 valence electrons. The summed E-state index contributed by atoms with van der Waals surface area (Å²) in [6.45, 7) is 0.215. The van der Waals surface area contributed by atoms with E-state index in [0.717, 1.165) is 12.0 Å². The zero-order chi connectivity index (χ0) is 15.5. The van der Waals surface area contributed by atoms with Crippen molar-refractivity contribution < 1.29 is 19.1 Å². The number of rotatable bonds is 4. The summed E-state index contributed by atoms with van der Waals surface area (Å²) in [5.41, 5.74) is 0.926. The van der Waals surface area contributed by atoms with Crippen LogP contribution < -0.4 is 5.32 Å². The molecule has 0 heterocycles. The number of fused-ring (bicyclic) bond motifs is 2. The van der Waals surface area contributed by atoms with Crippen molar-refractivity contribution in [1.29, 1.82) is 0 Å². The molecule has 1 N–H and O–H groups in total.